The maximum absolute atomic E-state index is 12.9. The summed E-state index contributed by atoms with van der Waals surface area (Å²) in [6, 6.07) is 7.06. The number of aryl methyl sites for hydroxylation is 1. The number of sulfonamides is 1. The van der Waals surface area contributed by atoms with Crippen LogP contribution in [0.4, 0.5) is 0 Å². The van der Waals surface area contributed by atoms with Crippen molar-refractivity contribution in [1.82, 2.24) is 9.62 Å². The molecule has 6 heteroatoms. The SMILES string of the molecule is Cc1ccc(S(=O)(=O)N2CCC(CC(=O)NC34CC5CC(CC3C5)C4)CC2)cc1. The molecular formula is C23H32N2O3S. The van der Waals surface area contributed by atoms with Gasteiger partial charge in [-0.3, -0.25) is 4.79 Å². The Kier molecular flexibility index (Phi) is 4.78. The molecule has 0 radical (unpaired) electrons. The summed E-state index contributed by atoms with van der Waals surface area (Å²) in [6.07, 6.45) is 8.45. The summed E-state index contributed by atoms with van der Waals surface area (Å²) < 4.78 is 27.3. The van der Waals surface area contributed by atoms with Gasteiger partial charge in [0.05, 0.1) is 4.90 Å². The first-order valence-electron chi connectivity index (χ1n) is 11.2. The average molecular weight is 417 g/mol. The quantitative estimate of drug-likeness (QED) is 0.799. The predicted octanol–water partition coefficient (Wildman–Crippen LogP) is 3.48. The Balaban J connectivity index is 1.15. The molecule has 5 fully saturated rings. The largest absolute Gasteiger partial charge is 0.350 e. The minimum atomic E-state index is -3.43. The molecule has 1 heterocycles. The van der Waals surface area contributed by atoms with Crippen molar-refractivity contribution in [2.75, 3.05) is 13.1 Å². The Morgan fingerprint density at radius 2 is 1.69 bits per heavy atom. The van der Waals surface area contributed by atoms with Gasteiger partial charge in [0.1, 0.15) is 0 Å². The number of benzene rings is 1. The molecule has 29 heavy (non-hydrogen) atoms. The van der Waals surface area contributed by atoms with Crippen molar-refractivity contribution in [2.45, 2.75) is 68.7 Å². The predicted molar refractivity (Wildman–Crippen MR) is 112 cm³/mol. The zero-order valence-corrected chi connectivity index (χ0v) is 18.1. The Morgan fingerprint density at radius 3 is 2.31 bits per heavy atom. The molecule has 0 aromatic heterocycles. The van der Waals surface area contributed by atoms with Gasteiger partial charge in [0.25, 0.3) is 0 Å². The summed E-state index contributed by atoms with van der Waals surface area (Å²) in [5, 5.41) is 3.46. The molecule has 5 nitrogen and oxygen atoms in total. The highest BCUT2D eigenvalue weighted by Gasteiger charge is 2.58. The van der Waals surface area contributed by atoms with E-state index in [1.54, 1.807) is 16.4 Å². The van der Waals surface area contributed by atoms with Gasteiger partial charge in [-0.1, -0.05) is 17.7 Å². The minimum Gasteiger partial charge on any atom is -0.350 e. The van der Waals surface area contributed by atoms with Crippen LogP contribution in [0.1, 0.15) is 56.9 Å². The molecule has 1 amide bonds. The molecular weight excluding hydrogens is 384 g/mol. The van der Waals surface area contributed by atoms with Crippen LogP contribution >= 0.6 is 0 Å². The lowest BCUT2D eigenvalue weighted by atomic mass is 9.80. The summed E-state index contributed by atoms with van der Waals surface area (Å²) in [6.45, 7) is 2.97. The number of carbonyl (C=O) groups excluding carboxylic acids is 1. The highest BCUT2D eigenvalue weighted by Crippen LogP contribution is 2.60. The van der Waals surface area contributed by atoms with Gasteiger partial charge in [-0.05, 0) is 87.7 Å². The van der Waals surface area contributed by atoms with E-state index in [1.807, 2.05) is 19.1 Å². The molecule has 1 N–H and O–H groups in total. The van der Waals surface area contributed by atoms with Crippen LogP contribution in [0.2, 0.25) is 0 Å². The van der Waals surface area contributed by atoms with Gasteiger partial charge in [0.15, 0.2) is 0 Å². The van der Waals surface area contributed by atoms with Crippen molar-refractivity contribution in [1.29, 1.82) is 0 Å². The van der Waals surface area contributed by atoms with E-state index in [0.717, 1.165) is 30.2 Å². The molecule has 1 aromatic carbocycles. The third-order valence-corrected chi connectivity index (χ3v) is 10.00. The Morgan fingerprint density at radius 1 is 1.07 bits per heavy atom. The van der Waals surface area contributed by atoms with Crippen LogP contribution in [0.5, 0.6) is 0 Å². The van der Waals surface area contributed by atoms with E-state index < -0.39 is 10.0 Å². The van der Waals surface area contributed by atoms with E-state index in [-0.39, 0.29) is 17.4 Å². The van der Waals surface area contributed by atoms with Gasteiger partial charge in [-0.25, -0.2) is 8.42 Å². The molecule has 5 aliphatic rings. The van der Waals surface area contributed by atoms with Crippen LogP contribution in [0.3, 0.4) is 0 Å². The van der Waals surface area contributed by atoms with Gasteiger partial charge in [0, 0.05) is 25.0 Å². The van der Waals surface area contributed by atoms with Crippen LogP contribution in [-0.2, 0) is 14.8 Å². The van der Waals surface area contributed by atoms with Crippen LogP contribution in [0.15, 0.2) is 29.2 Å². The number of amides is 1. The van der Waals surface area contributed by atoms with Crippen molar-refractivity contribution < 1.29 is 13.2 Å². The zero-order valence-electron chi connectivity index (χ0n) is 17.3. The lowest BCUT2D eigenvalue weighted by Gasteiger charge is -2.35. The standard InChI is InChI=1S/C23H32N2O3S/c1-16-2-4-21(5-3-16)29(27,28)25-8-6-17(7-9-25)13-22(26)24-23-14-18-10-19(15-23)12-20(23)11-18/h2-5,17-20H,6-15H2,1H3,(H,24,26). The first-order valence-corrected chi connectivity index (χ1v) is 12.7. The number of piperidine rings is 1. The second-order valence-corrected chi connectivity index (χ2v) is 12.1. The van der Waals surface area contributed by atoms with Crippen molar-refractivity contribution >= 4 is 15.9 Å². The second-order valence-electron chi connectivity index (χ2n) is 10.1. The molecule has 2 atom stereocenters. The number of carbonyl (C=O) groups is 1. The van der Waals surface area contributed by atoms with Crippen LogP contribution < -0.4 is 5.32 Å². The van der Waals surface area contributed by atoms with E-state index in [2.05, 4.69) is 5.32 Å². The van der Waals surface area contributed by atoms with E-state index in [9.17, 15) is 13.2 Å². The molecule has 0 spiro atoms. The van der Waals surface area contributed by atoms with Crippen molar-refractivity contribution in [3.05, 3.63) is 29.8 Å². The third-order valence-electron chi connectivity index (χ3n) is 8.08. The molecule has 1 aliphatic heterocycles. The van der Waals surface area contributed by atoms with Gasteiger partial charge in [-0.15, -0.1) is 0 Å². The molecule has 4 aliphatic carbocycles. The van der Waals surface area contributed by atoms with Gasteiger partial charge >= 0.3 is 0 Å². The molecule has 4 bridgehead atoms. The fourth-order valence-corrected chi connectivity index (χ4v) is 8.27. The first kappa shape index (κ1) is 19.6. The summed E-state index contributed by atoms with van der Waals surface area (Å²) >= 11 is 0. The van der Waals surface area contributed by atoms with E-state index >= 15 is 0 Å². The molecule has 4 saturated carbocycles. The van der Waals surface area contributed by atoms with Crippen LogP contribution in [0, 0.1) is 30.6 Å². The Bertz CT molecular complexity index is 873. The van der Waals surface area contributed by atoms with Crippen molar-refractivity contribution in [2.24, 2.45) is 23.7 Å². The number of hydrogen-bond donors (Lipinski definition) is 1. The van der Waals surface area contributed by atoms with Gasteiger partial charge in [0.2, 0.25) is 15.9 Å². The summed E-state index contributed by atoms with van der Waals surface area (Å²) in [5.41, 5.74) is 1.15. The fourth-order valence-electron chi connectivity index (χ4n) is 6.80. The topological polar surface area (TPSA) is 66.5 Å². The molecule has 158 valence electrons. The molecule has 1 aromatic rings. The summed E-state index contributed by atoms with van der Waals surface area (Å²) in [5.74, 6) is 2.85. The fraction of sp³-hybridized carbons (Fsp3) is 0.696. The normalized spacial score (nSPS) is 34.6. The van der Waals surface area contributed by atoms with Crippen molar-refractivity contribution in [3.8, 4) is 0 Å². The smallest absolute Gasteiger partial charge is 0.243 e. The number of nitrogens with zero attached hydrogens (tertiary/aromatic N) is 1. The third kappa shape index (κ3) is 3.52. The Labute approximate surface area is 174 Å². The highest BCUT2D eigenvalue weighted by molar-refractivity contribution is 7.89. The zero-order chi connectivity index (χ0) is 20.2. The maximum atomic E-state index is 12.9. The monoisotopic (exact) mass is 416 g/mol. The number of nitrogens with one attached hydrogen (secondary N) is 1. The lowest BCUT2D eigenvalue weighted by molar-refractivity contribution is -0.124. The van der Waals surface area contributed by atoms with Gasteiger partial charge in [-0.2, -0.15) is 4.31 Å². The summed E-state index contributed by atoms with van der Waals surface area (Å²) in [7, 11) is -3.43. The summed E-state index contributed by atoms with van der Waals surface area (Å²) in [4.78, 5) is 13.2. The van der Waals surface area contributed by atoms with E-state index in [1.165, 1.54) is 32.1 Å². The second kappa shape index (κ2) is 7.09. The van der Waals surface area contributed by atoms with Crippen LogP contribution in [-0.4, -0.2) is 37.3 Å². The number of rotatable bonds is 5. The van der Waals surface area contributed by atoms with E-state index in [4.69, 9.17) is 0 Å². The number of hydrogen-bond acceptors (Lipinski definition) is 3. The maximum Gasteiger partial charge on any atom is 0.243 e. The molecule has 6 rings (SSSR count). The minimum absolute atomic E-state index is 0.0974. The van der Waals surface area contributed by atoms with Gasteiger partial charge < -0.3 is 5.32 Å². The molecule has 2 unspecified atom stereocenters. The average Bonchev–Trinajstić information content (AvgIpc) is 3.05. The Hall–Kier alpha value is -1.40. The highest BCUT2D eigenvalue weighted by atomic mass is 32.2. The van der Waals surface area contributed by atoms with Crippen molar-refractivity contribution in [3.63, 3.8) is 0 Å². The van der Waals surface area contributed by atoms with E-state index in [0.29, 0.717) is 30.3 Å². The first-order chi connectivity index (χ1) is 13.8. The molecule has 1 saturated heterocycles. The van der Waals surface area contributed by atoms with Crippen LogP contribution in [0.25, 0.3) is 0 Å². The lowest BCUT2D eigenvalue weighted by Crippen LogP contribution is -2.50.